The highest BCUT2D eigenvalue weighted by Gasteiger charge is 2.12. The van der Waals surface area contributed by atoms with Gasteiger partial charge in [-0.2, -0.15) is 0 Å². The average Bonchev–Trinajstić information content (AvgIpc) is 2.54. The molecule has 0 aliphatic carbocycles. The summed E-state index contributed by atoms with van der Waals surface area (Å²) in [6.45, 7) is 4.61. The average molecular weight is 220 g/mol. The highest BCUT2D eigenvalue weighted by Crippen LogP contribution is 2.20. The van der Waals surface area contributed by atoms with Gasteiger partial charge in [0.05, 0.1) is 7.11 Å². The van der Waals surface area contributed by atoms with Crippen LogP contribution in [0, 0.1) is 0 Å². The predicted octanol–water partition coefficient (Wildman–Crippen LogP) is 1.84. The second-order valence-corrected chi connectivity index (χ2v) is 4.34. The number of rotatable bonds is 2. The Morgan fingerprint density at radius 3 is 2.44 bits per heavy atom. The van der Waals surface area contributed by atoms with Crippen LogP contribution in [0.1, 0.15) is 6.42 Å². The van der Waals surface area contributed by atoms with E-state index in [9.17, 15) is 0 Å². The molecule has 3 nitrogen and oxygen atoms in total. The maximum absolute atomic E-state index is 5.17. The van der Waals surface area contributed by atoms with Crippen LogP contribution in [-0.2, 0) is 0 Å². The van der Waals surface area contributed by atoms with Gasteiger partial charge < -0.3 is 14.5 Å². The smallest absolute Gasteiger partial charge is 0.119 e. The van der Waals surface area contributed by atoms with Crippen molar-refractivity contribution < 1.29 is 4.74 Å². The third-order valence-electron chi connectivity index (χ3n) is 3.16. The number of likely N-dealkylation sites (N-methyl/N-ethyl adjacent to an activating group) is 1. The zero-order valence-corrected chi connectivity index (χ0v) is 10.1. The van der Waals surface area contributed by atoms with Crippen LogP contribution in [0.2, 0.25) is 0 Å². The number of anilines is 1. The summed E-state index contributed by atoms with van der Waals surface area (Å²) < 4.78 is 5.17. The summed E-state index contributed by atoms with van der Waals surface area (Å²) in [4.78, 5) is 4.84. The van der Waals surface area contributed by atoms with E-state index in [1.165, 1.54) is 18.7 Å². The van der Waals surface area contributed by atoms with E-state index >= 15 is 0 Å². The summed E-state index contributed by atoms with van der Waals surface area (Å²) in [5.74, 6) is 0.927. The molecule has 1 saturated heterocycles. The number of benzene rings is 1. The summed E-state index contributed by atoms with van der Waals surface area (Å²) >= 11 is 0. The molecular weight excluding hydrogens is 200 g/mol. The summed E-state index contributed by atoms with van der Waals surface area (Å²) in [5, 5.41) is 0. The molecule has 0 radical (unpaired) electrons. The summed E-state index contributed by atoms with van der Waals surface area (Å²) in [6, 6.07) is 8.35. The Hall–Kier alpha value is -1.22. The Labute approximate surface area is 97.6 Å². The van der Waals surface area contributed by atoms with Crippen molar-refractivity contribution in [1.82, 2.24) is 4.90 Å². The van der Waals surface area contributed by atoms with Crippen LogP contribution in [0.5, 0.6) is 5.75 Å². The summed E-state index contributed by atoms with van der Waals surface area (Å²) in [5.41, 5.74) is 1.30. The minimum absolute atomic E-state index is 0.927. The molecule has 1 aliphatic heterocycles. The molecule has 1 heterocycles. The van der Waals surface area contributed by atoms with Crippen molar-refractivity contribution in [3.63, 3.8) is 0 Å². The second-order valence-electron chi connectivity index (χ2n) is 4.34. The SMILES string of the molecule is COc1ccc(N2CCCN(C)CC2)cc1. The van der Waals surface area contributed by atoms with Crippen LogP contribution >= 0.6 is 0 Å². The molecular formula is C13H20N2O. The van der Waals surface area contributed by atoms with E-state index in [2.05, 4.69) is 29.0 Å². The fourth-order valence-corrected chi connectivity index (χ4v) is 2.10. The molecule has 0 unspecified atom stereocenters. The number of hydrogen-bond donors (Lipinski definition) is 0. The first-order valence-corrected chi connectivity index (χ1v) is 5.87. The van der Waals surface area contributed by atoms with E-state index in [-0.39, 0.29) is 0 Å². The fraction of sp³-hybridized carbons (Fsp3) is 0.538. The van der Waals surface area contributed by atoms with Gasteiger partial charge in [-0.3, -0.25) is 0 Å². The molecule has 0 saturated carbocycles. The molecule has 0 aromatic heterocycles. The first-order valence-electron chi connectivity index (χ1n) is 5.87. The Morgan fingerprint density at radius 1 is 1.00 bits per heavy atom. The van der Waals surface area contributed by atoms with Gasteiger partial charge in [-0.05, 0) is 44.3 Å². The minimum Gasteiger partial charge on any atom is -0.497 e. The van der Waals surface area contributed by atoms with Gasteiger partial charge in [-0.15, -0.1) is 0 Å². The molecule has 0 N–H and O–H groups in total. The minimum atomic E-state index is 0.927. The molecule has 0 bridgehead atoms. The normalized spacial score (nSPS) is 18.2. The molecule has 0 amide bonds. The van der Waals surface area contributed by atoms with Crippen LogP contribution in [0.25, 0.3) is 0 Å². The Kier molecular flexibility index (Phi) is 3.67. The number of methoxy groups -OCH3 is 1. The number of nitrogens with zero attached hydrogens (tertiary/aromatic N) is 2. The van der Waals surface area contributed by atoms with Gasteiger partial charge in [-0.1, -0.05) is 0 Å². The number of hydrogen-bond acceptors (Lipinski definition) is 3. The number of ether oxygens (including phenoxy) is 1. The predicted molar refractivity (Wildman–Crippen MR) is 67.3 cm³/mol. The van der Waals surface area contributed by atoms with Gasteiger partial charge >= 0.3 is 0 Å². The third kappa shape index (κ3) is 2.67. The monoisotopic (exact) mass is 220 g/mol. The van der Waals surface area contributed by atoms with E-state index in [0.29, 0.717) is 0 Å². The van der Waals surface area contributed by atoms with Crippen molar-refractivity contribution >= 4 is 5.69 Å². The molecule has 88 valence electrons. The molecule has 1 aromatic rings. The second kappa shape index (κ2) is 5.21. The standard InChI is InChI=1S/C13H20N2O/c1-14-8-3-9-15(11-10-14)12-4-6-13(16-2)7-5-12/h4-7H,3,8-11H2,1-2H3. The Bertz CT molecular complexity index is 323. The lowest BCUT2D eigenvalue weighted by Crippen LogP contribution is -2.28. The van der Waals surface area contributed by atoms with Gasteiger partial charge in [0.2, 0.25) is 0 Å². The van der Waals surface area contributed by atoms with E-state index in [0.717, 1.165) is 25.4 Å². The zero-order valence-electron chi connectivity index (χ0n) is 10.1. The lowest BCUT2D eigenvalue weighted by atomic mass is 10.2. The third-order valence-corrected chi connectivity index (χ3v) is 3.16. The topological polar surface area (TPSA) is 15.7 Å². The summed E-state index contributed by atoms with van der Waals surface area (Å²) in [6.07, 6.45) is 1.24. The zero-order chi connectivity index (χ0) is 11.4. The van der Waals surface area contributed by atoms with E-state index < -0.39 is 0 Å². The van der Waals surface area contributed by atoms with Crippen molar-refractivity contribution in [2.24, 2.45) is 0 Å². The van der Waals surface area contributed by atoms with Crippen LogP contribution < -0.4 is 9.64 Å². The van der Waals surface area contributed by atoms with Crippen LogP contribution in [0.15, 0.2) is 24.3 Å². The van der Waals surface area contributed by atoms with Crippen molar-refractivity contribution in [2.75, 3.05) is 45.2 Å². The molecule has 1 fully saturated rings. The lowest BCUT2D eigenvalue weighted by Gasteiger charge is -2.22. The van der Waals surface area contributed by atoms with Gasteiger partial charge in [0.15, 0.2) is 0 Å². The van der Waals surface area contributed by atoms with Gasteiger partial charge in [-0.25, -0.2) is 0 Å². The van der Waals surface area contributed by atoms with E-state index in [4.69, 9.17) is 4.74 Å². The highest BCUT2D eigenvalue weighted by atomic mass is 16.5. The van der Waals surface area contributed by atoms with Crippen molar-refractivity contribution in [2.45, 2.75) is 6.42 Å². The maximum atomic E-state index is 5.17. The molecule has 0 spiro atoms. The van der Waals surface area contributed by atoms with Gasteiger partial charge in [0, 0.05) is 25.3 Å². The molecule has 2 rings (SSSR count). The van der Waals surface area contributed by atoms with Crippen LogP contribution in [0.3, 0.4) is 0 Å². The molecule has 1 aromatic carbocycles. The van der Waals surface area contributed by atoms with Crippen LogP contribution in [-0.4, -0.2) is 45.2 Å². The van der Waals surface area contributed by atoms with Gasteiger partial charge in [0.25, 0.3) is 0 Å². The first kappa shape index (κ1) is 11.3. The fourth-order valence-electron chi connectivity index (χ4n) is 2.10. The Morgan fingerprint density at radius 2 is 1.75 bits per heavy atom. The molecule has 3 heteroatoms. The first-order chi connectivity index (χ1) is 7.79. The summed E-state index contributed by atoms with van der Waals surface area (Å²) in [7, 11) is 3.90. The maximum Gasteiger partial charge on any atom is 0.119 e. The van der Waals surface area contributed by atoms with Crippen LogP contribution in [0.4, 0.5) is 5.69 Å². The lowest BCUT2D eigenvalue weighted by molar-refractivity contribution is 0.360. The largest absolute Gasteiger partial charge is 0.497 e. The van der Waals surface area contributed by atoms with Crippen molar-refractivity contribution in [3.05, 3.63) is 24.3 Å². The van der Waals surface area contributed by atoms with Gasteiger partial charge in [0.1, 0.15) is 5.75 Å². The van der Waals surface area contributed by atoms with E-state index in [1.807, 2.05) is 12.1 Å². The highest BCUT2D eigenvalue weighted by molar-refractivity contribution is 5.49. The Balaban J connectivity index is 2.04. The van der Waals surface area contributed by atoms with Crippen molar-refractivity contribution in [3.8, 4) is 5.75 Å². The molecule has 1 aliphatic rings. The molecule has 0 atom stereocenters. The quantitative estimate of drug-likeness (QED) is 0.756. The van der Waals surface area contributed by atoms with Crippen molar-refractivity contribution in [1.29, 1.82) is 0 Å². The van der Waals surface area contributed by atoms with E-state index in [1.54, 1.807) is 7.11 Å². The molecule has 16 heavy (non-hydrogen) atoms.